The first-order valence-electron chi connectivity index (χ1n) is 4.23. The molecule has 0 aliphatic carbocycles. The lowest BCUT2D eigenvalue weighted by Gasteiger charge is -2.24. The van der Waals surface area contributed by atoms with Crippen LogP contribution in [0, 0.1) is 0 Å². The number of alkyl halides is 1. The molecule has 0 saturated carbocycles. The Bertz CT molecular complexity index is 278. The summed E-state index contributed by atoms with van der Waals surface area (Å²) in [5.74, 6) is -1.45. The van der Waals surface area contributed by atoms with E-state index in [1.165, 1.54) is 0 Å². The molecule has 0 rings (SSSR count). The summed E-state index contributed by atoms with van der Waals surface area (Å²) < 4.78 is 0. The van der Waals surface area contributed by atoms with Gasteiger partial charge in [-0.1, -0.05) is 0 Å². The standard InChI is InChI=1S/C8H14ClN3O3/c1-8(2,3-5(10)13)12-7(15)11-6(14)4-9/h3-4H2,1-2H3,(H2,10,13)(H2,11,12,14,15). The summed E-state index contributed by atoms with van der Waals surface area (Å²) in [6.07, 6.45) is -0.0184. The number of halogens is 1. The highest BCUT2D eigenvalue weighted by Gasteiger charge is 2.23. The van der Waals surface area contributed by atoms with Crippen molar-refractivity contribution in [3.8, 4) is 0 Å². The molecule has 6 nitrogen and oxygen atoms in total. The summed E-state index contributed by atoms with van der Waals surface area (Å²) in [4.78, 5) is 32.5. The minimum absolute atomic E-state index is 0.0184. The Kier molecular flexibility index (Phi) is 5.07. The van der Waals surface area contributed by atoms with Crippen LogP contribution in [0.25, 0.3) is 0 Å². The third kappa shape index (κ3) is 6.73. The lowest BCUT2D eigenvalue weighted by atomic mass is 10.0. The van der Waals surface area contributed by atoms with Gasteiger partial charge >= 0.3 is 6.03 Å². The zero-order chi connectivity index (χ0) is 12.1. The molecule has 0 aliphatic heterocycles. The Morgan fingerprint density at radius 3 is 2.27 bits per heavy atom. The molecule has 0 aromatic carbocycles. The van der Waals surface area contributed by atoms with E-state index >= 15 is 0 Å². The maximum atomic E-state index is 11.2. The first kappa shape index (κ1) is 13.7. The fourth-order valence-electron chi connectivity index (χ4n) is 0.978. The van der Waals surface area contributed by atoms with Crippen molar-refractivity contribution in [2.24, 2.45) is 5.73 Å². The molecule has 15 heavy (non-hydrogen) atoms. The number of primary amides is 1. The normalized spacial score (nSPS) is 10.6. The van der Waals surface area contributed by atoms with E-state index in [0.717, 1.165) is 0 Å². The second kappa shape index (κ2) is 5.55. The number of hydrogen-bond donors (Lipinski definition) is 3. The Hall–Kier alpha value is -1.30. The number of nitrogens with one attached hydrogen (secondary N) is 2. The smallest absolute Gasteiger partial charge is 0.321 e. The first-order valence-corrected chi connectivity index (χ1v) is 4.76. The van der Waals surface area contributed by atoms with E-state index in [9.17, 15) is 14.4 Å². The van der Waals surface area contributed by atoms with E-state index < -0.39 is 23.4 Å². The molecule has 4 N–H and O–H groups in total. The Morgan fingerprint density at radius 1 is 1.33 bits per heavy atom. The summed E-state index contributed by atoms with van der Waals surface area (Å²) >= 11 is 5.19. The minimum atomic E-state index is -0.803. The summed E-state index contributed by atoms with van der Waals surface area (Å²) in [6, 6.07) is -0.702. The van der Waals surface area contributed by atoms with Crippen molar-refractivity contribution in [3.63, 3.8) is 0 Å². The van der Waals surface area contributed by atoms with E-state index in [0.29, 0.717) is 0 Å². The molecule has 0 heterocycles. The molecule has 0 saturated heterocycles. The highest BCUT2D eigenvalue weighted by atomic mass is 35.5. The van der Waals surface area contributed by atoms with Crippen LogP contribution in [-0.4, -0.2) is 29.3 Å². The van der Waals surface area contributed by atoms with E-state index in [2.05, 4.69) is 5.32 Å². The van der Waals surface area contributed by atoms with Gasteiger partial charge in [-0.05, 0) is 13.8 Å². The molecule has 86 valence electrons. The number of rotatable bonds is 4. The number of carbonyl (C=O) groups is 3. The third-order valence-corrected chi connectivity index (χ3v) is 1.69. The van der Waals surface area contributed by atoms with Crippen molar-refractivity contribution in [1.29, 1.82) is 0 Å². The van der Waals surface area contributed by atoms with Gasteiger partial charge in [0.15, 0.2) is 0 Å². The molecule has 0 aromatic rings. The molecule has 0 atom stereocenters. The van der Waals surface area contributed by atoms with Crippen LogP contribution in [0.15, 0.2) is 0 Å². The average Bonchev–Trinajstić information content (AvgIpc) is 1.99. The number of imide groups is 1. The number of hydrogen-bond acceptors (Lipinski definition) is 3. The molecule has 7 heteroatoms. The zero-order valence-electron chi connectivity index (χ0n) is 8.59. The largest absolute Gasteiger partial charge is 0.370 e. The van der Waals surface area contributed by atoms with E-state index in [4.69, 9.17) is 17.3 Å². The maximum Gasteiger partial charge on any atom is 0.321 e. The van der Waals surface area contributed by atoms with Gasteiger partial charge in [0.25, 0.3) is 0 Å². The van der Waals surface area contributed by atoms with Crippen LogP contribution >= 0.6 is 11.6 Å². The number of amides is 4. The lowest BCUT2D eigenvalue weighted by molar-refractivity contribution is -0.119. The molecule has 0 fully saturated rings. The fraction of sp³-hybridized carbons (Fsp3) is 0.625. The van der Waals surface area contributed by atoms with Gasteiger partial charge < -0.3 is 11.1 Å². The van der Waals surface area contributed by atoms with Crippen LogP contribution in [0.2, 0.25) is 0 Å². The molecule has 0 unspecified atom stereocenters. The lowest BCUT2D eigenvalue weighted by Crippen LogP contribution is -2.51. The fourth-order valence-corrected chi connectivity index (χ4v) is 1.05. The van der Waals surface area contributed by atoms with Crippen molar-refractivity contribution in [3.05, 3.63) is 0 Å². The van der Waals surface area contributed by atoms with Gasteiger partial charge in [-0.25, -0.2) is 4.79 Å². The maximum absolute atomic E-state index is 11.2. The molecule has 0 aliphatic rings. The van der Waals surface area contributed by atoms with Crippen LogP contribution in [0.3, 0.4) is 0 Å². The molecular weight excluding hydrogens is 222 g/mol. The molecule has 0 bridgehead atoms. The topological polar surface area (TPSA) is 101 Å². The highest BCUT2D eigenvalue weighted by molar-refractivity contribution is 6.28. The van der Waals surface area contributed by atoms with Crippen molar-refractivity contribution in [1.82, 2.24) is 10.6 Å². The van der Waals surface area contributed by atoms with Crippen LogP contribution in [-0.2, 0) is 9.59 Å². The molecule has 4 amide bonds. The second-order valence-corrected chi connectivity index (χ2v) is 3.93. The molecule has 0 aromatic heterocycles. The van der Waals surface area contributed by atoms with Crippen LogP contribution < -0.4 is 16.4 Å². The highest BCUT2D eigenvalue weighted by Crippen LogP contribution is 2.06. The van der Waals surface area contributed by atoms with Crippen molar-refractivity contribution >= 4 is 29.4 Å². The van der Waals surface area contributed by atoms with Crippen LogP contribution in [0.4, 0.5) is 4.79 Å². The van der Waals surface area contributed by atoms with Crippen LogP contribution in [0.1, 0.15) is 20.3 Å². The summed E-state index contributed by atoms with van der Waals surface area (Å²) in [7, 11) is 0. The van der Waals surface area contributed by atoms with Gasteiger partial charge in [0.05, 0.1) is 0 Å². The third-order valence-electron chi connectivity index (χ3n) is 1.44. The Morgan fingerprint density at radius 2 is 1.87 bits per heavy atom. The summed E-state index contributed by atoms with van der Waals surface area (Å²) in [5, 5.41) is 4.41. The summed E-state index contributed by atoms with van der Waals surface area (Å²) in [6.45, 7) is 3.23. The van der Waals surface area contributed by atoms with Gasteiger partial charge in [0.1, 0.15) is 5.88 Å². The number of urea groups is 1. The van der Waals surface area contributed by atoms with Gasteiger partial charge in [0, 0.05) is 12.0 Å². The molecule has 0 radical (unpaired) electrons. The van der Waals surface area contributed by atoms with E-state index in [1.807, 2.05) is 5.32 Å². The van der Waals surface area contributed by atoms with Crippen LogP contribution in [0.5, 0.6) is 0 Å². The Labute approximate surface area is 92.5 Å². The minimum Gasteiger partial charge on any atom is -0.370 e. The van der Waals surface area contributed by atoms with Crippen molar-refractivity contribution in [2.75, 3.05) is 5.88 Å². The van der Waals surface area contributed by atoms with E-state index in [1.54, 1.807) is 13.8 Å². The van der Waals surface area contributed by atoms with Gasteiger partial charge in [0.2, 0.25) is 11.8 Å². The second-order valence-electron chi connectivity index (χ2n) is 3.66. The predicted octanol–water partition coefficient (Wildman–Crippen LogP) is -0.295. The predicted molar refractivity (Wildman–Crippen MR) is 55.3 cm³/mol. The van der Waals surface area contributed by atoms with Gasteiger partial charge in [-0.2, -0.15) is 0 Å². The molecular formula is C8H14ClN3O3. The van der Waals surface area contributed by atoms with Crippen molar-refractivity contribution in [2.45, 2.75) is 25.8 Å². The molecule has 0 spiro atoms. The van der Waals surface area contributed by atoms with Gasteiger partial charge in [-0.3, -0.25) is 14.9 Å². The number of carbonyl (C=O) groups excluding carboxylic acids is 3. The SMILES string of the molecule is CC(C)(CC(N)=O)NC(=O)NC(=O)CCl. The Balaban J connectivity index is 4.15. The number of nitrogens with two attached hydrogens (primary N) is 1. The zero-order valence-corrected chi connectivity index (χ0v) is 9.35. The monoisotopic (exact) mass is 235 g/mol. The van der Waals surface area contributed by atoms with E-state index in [-0.39, 0.29) is 12.3 Å². The quantitative estimate of drug-likeness (QED) is 0.584. The van der Waals surface area contributed by atoms with Gasteiger partial charge in [-0.15, -0.1) is 11.6 Å². The average molecular weight is 236 g/mol. The first-order chi connectivity index (χ1) is 6.76. The summed E-state index contributed by atoms with van der Waals surface area (Å²) in [5.41, 5.74) is 4.18. The van der Waals surface area contributed by atoms with Crippen molar-refractivity contribution < 1.29 is 14.4 Å².